The molecular formula is C15H22ClN5O2S. The fourth-order valence-electron chi connectivity index (χ4n) is 2.86. The molecule has 0 saturated carbocycles. The Bertz CT molecular complexity index is 781. The van der Waals surface area contributed by atoms with Crippen molar-refractivity contribution in [2.45, 2.75) is 24.8 Å². The number of hydrogen-bond acceptors (Lipinski definition) is 5. The predicted molar refractivity (Wildman–Crippen MR) is 93.4 cm³/mol. The number of halogens is 1. The zero-order chi connectivity index (χ0) is 16.5. The van der Waals surface area contributed by atoms with Crippen molar-refractivity contribution in [3.8, 4) is 0 Å². The third-order valence-corrected chi connectivity index (χ3v) is 6.35. The van der Waals surface area contributed by atoms with Crippen LogP contribution in [0.4, 0.5) is 0 Å². The van der Waals surface area contributed by atoms with Gasteiger partial charge in [-0.2, -0.15) is 9.40 Å². The van der Waals surface area contributed by atoms with Gasteiger partial charge < -0.3 is 5.73 Å². The van der Waals surface area contributed by atoms with Gasteiger partial charge in [0.05, 0.1) is 11.4 Å². The standard InChI is InChI=1S/C15H21N5O2S.ClH/c1-15(9-16)6-7-20(10-15)23(21,22)14-5-3-2-4-13(14)8-19-12-17-11-18-19;/h2-5,11-12H,6-10,16H2,1H3;1H. The number of sulfonamides is 1. The summed E-state index contributed by atoms with van der Waals surface area (Å²) in [6.45, 7) is 3.86. The van der Waals surface area contributed by atoms with Crippen molar-refractivity contribution in [3.05, 3.63) is 42.5 Å². The molecule has 9 heteroatoms. The molecule has 3 rings (SSSR count). The lowest BCUT2D eigenvalue weighted by molar-refractivity contribution is 0.349. The van der Waals surface area contributed by atoms with Crippen molar-refractivity contribution in [1.82, 2.24) is 19.1 Å². The van der Waals surface area contributed by atoms with Gasteiger partial charge in [0.2, 0.25) is 10.0 Å². The molecule has 2 heterocycles. The maximum absolute atomic E-state index is 13.0. The molecule has 1 unspecified atom stereocenters. The van der Waals surface area contributed by atoms with Gasteiger partial charge in [-0.25, -0.2) is 18.1 Å². The van der Waals surface area contributed by atoms with Crippen molar-refractivity contribution in [1.29, 1.82) is 0 Å². The minimum absolute atomic E-state index is 0. The summed E-state index contributed by atoms with van der Waals surface area (Å²) in [5.74, 6) is 0. The minimum Gasteiger partial charge on any atom is -0.330 e. The summed E-state index contributed by atoms with van der Waals surface area (Å²) >= 11 is 0. The molecule has 1 aliphatic heterocycles. The summed E-state index contributed by atoms with van der Waals surface area (Å²) in [7, 11) is -3.54. The van der Waals surface area contributed by atoms with Gasteiger partial charge in [0.1, 0.15) is 12.7 Å². The fourth-order valence-corrected chi connectivity index (χ4v) is 4.67. The lowest BCUT2D eigenvalue weighted by atomic mass is 9.90. The molecule has 1 aliphatic rings. The molecule has 0 spiro atoms. The molecule has 7 nitrogen and oxygen atoms in total. The quantitative estimate of drug-likeness (QED) is 0.849. The zero-order valence-corrected chi connectivity index (χ0v) is 15.1. The first-order chi connectivity index (χ1) is 10.9. The first-order valence-electron chi connectivity index (χ1n) is 7.55. The van der Waals surface area contributed by atoms with Crippen LogP contribution in [0.25, 0.3) is 0 Å². The normalized spacial score (nSPS) is 21.6. The Morgan fingerprint density at radius 3 is 2.71 bits per heavy atom. The topological polar surface area (TPSA) is 94.1 Å². The monoisotopic (exact) mass is 371 g/mol. The van der Waals surface area contributed by atoms with Gasteiger partial charge in [0.25, 0.3) is 0 Å². The van der Waals surface area contributed by atoms with Crippen LogP contribution in [0.15, 0.2) is 41.8 Å². The third-order valence-electron chi connectivity index (χ3n) is 4.40. The average molecular weight is 372 g/mol. The van der Waals surface area contributed by atoms with Crippen molar-refractivity contribution >= 4 is 22.4 Å². The zero-order valence-electron chi connectivity index (χ0n) is 13.5. The molecule has 132 valence electrons. The lowest BCUT2D eigenvalue weighted by Gasteiger charge is -2.23. The number of nitrogens with zero attached hydrogens (tertiary/aromatic N) is 4. The Kier molecular flexibility index (Phi) is 5.64. The number of benzene rings is 1. The number of nitrogens with two attached hydrogens (primary N) is 1. The summed E-state index contributed by atoms with van der Waals surface area (Å²) in [5.41, 5.74) is 6.36. The number of hydrogen-bond donors (Lipinski definition) is 1. The van der Waals surface area contributed by atoms with E-state index in [0.29, 0.717) is 36.6 Å². The molecule has 0 radical (unpaired) electrons. The second-order valence-corrected chi connectivity index (χ2v) is 8.21. The highest BCUT2D eigenvalue weighted by Crippen LogP contribution is 2.33. The van der Waals surface area contributed by atoms with Gasteiger partial charge in [-0.05, 0) is 30.0 Å². The third kappa shape index (κ3) is 3.61. The maximum Gasteiger partial charge on any atom is 0.243 e. The Morgan fingerprint density at radius 1 is 1.33 bits per heavy atom. The van der Waals surface area contributed by atoms with Crippen LogP contribution in [0.1, 0.15) is 18.9 Å². The number of aromatic nitrogens is 3. The van der Waals surface area contributed by atoms with E-state index in [2.05, 4.69) is 10.1 Å². The Morgan fingerprint density at radius 2 is 2.08 bits per heavy atom. The minimum atomic E-state index is -3.54. The van der Waals surface area contributed by atoms with E-state index in [9.17, 15) is 8.42 Å². The molecule has 1 atom stereocenters. The van der Waals surface area contributed by atoms with E-state index in [1.54, 1.807) is 27.4 Å². The summed E-state index contributed by atoms with van der Waals surface area (Å²) in [4.78, 5) is 4.23. The first-order valence-corrected chi connectivity index (χ1v) is 8.99. The van der Waals surface area contributed by atoms with Crippen LogP contribution in [0.5, 0.6) is 0 Å². The molecular weight excluding hydrogens is 350 g/mol. The van der Waals surface area contributed by atoms with Crippen LogP contribution in [0, 0.1) is 5.41 Å². The van der Waals surface area contributed by atoms with Crippen molar-refractivity contribution in [2.24, 2.45) is 11.1 Å². The van der Waals surface area contributed by atoms with Gasteiger partial charge in [0, 0.05) is 13.1 Å². The molecule has 0 aliphatic carbocycles. The van der Waals surface area contributed by atoms with Crippen molar-refractivity contribution < 1.29 is 8.42 Å². The van der Waals surface area contributed by atoms with Gasteiger partial charge in [-0.15, -0.1) is 12.4 Å². The smallest absolute Gasteiger partial charge is 0.243 e. The highest BCUT2D eigenvalue weighted by Gasteiger charge is 2.39. The lowest BCUT2D eigenvalue weighted by Crippen LogP contribution is -2.35. The molecule has 1 aromatic carbocycles. The highest BCUT2D eigenvalue weighted by atomic mass is 35.5. The van der Waals surface area contributed by atoms with Gasteiger partial charge in [0.15, 0.2) is 0 Å². The molecule has 1 saturated heterocycles. The number of rotatable bonds is 5. The fraction of sp³-hybridized carbons (Fsp3) is 0.467. The SMILES string of the molecule is CC1(CN)CCN(S(=O)(=O)c2ccccc2Cn2cncn2)C1.Cl. The largest absolute Gasteiger partial charge is 0.330 e. The van der Waals surface area contributed by atoms with Crippen LogP contribution in [0.2, 0.25) is 0 Å². The Hall–Kier alpha value is -1.48. The summed E-state index contributed by atoms with van der Waals surface area (Å²) in [6.07, 6.45) is 3.79. The van der Waals surface area contributed by atoms with Crippen LogP contribution < -0.4 is 5.73 Å². The average Bonchev–Trinajstić information content (AvgIpc) is 3.18. The summed E-state index contributed by atoms with van der Waals surface area (Å²) in [5, 5.41) is 4.05. The van der Waals surface area contributed by atoms with E-state index in [1.165, 1.54) is 6.33 Å². The van der Waals surface area contributed by atoms with E-state index in [1.807, 2.05) is 19.1 Å². The molecule has 24 heavy (non-hydrogen) atoms. The van der Waals surface area contributed by atoms with Crippen LogP contribution in [-0.4, -0.2) is 47.1 Å². The Labute approximate surface area is 148 Å². The molecule has 2 aromatic rings. The molecule has 2 N–H and O–H groups in total. The maximum atomic E-state index is 13.0. The molecule has 0 bridgehead atoms. The molecule has 0 amide bonds. The summed E-state index contributed by atoms with van der Waals surface area (Å²) in [6, 6.07) is 7.04. The first kappa shape index (κ1) is 18.9. The van der Waals surface area contributed by atoms with E-state index < -0.39 is 10.0 Å². The van der Waals surface area contributed by atoms with Crippen molar-refractivity contribution in [3.63, 3.8) is 0 Å². The van der Waals surface area contributed by atoms with E-state index in [4.69, 9.17) is 5.73 Å². The van der Waals surface area contributed by atoms with Crippen LogP contribution in [0.3, 0.4) is 0 Å². The molecule has 1 aromatic heterocycles. The molecule has 1 fully saturated rings. The second kappa shape index (κ2) is 7.18. The van der Waals surface area contributed by atoms with Crippen LogP contribution in [-0.2, 0) is 16.6 Å². The predicted octanol–water partition coefficient (Wildman–Crippen LogP) is 1.11. The van der Waals surface area contributed by atoms with E-state index in [-0.39, 0.29) is 17.8 Å². The highest BCUT2D eigenvalue weighted by molar-refractivity contribution is 7.89. The van der Waals surface area contributed by atoms with E-state index >= 15 is 0 Å². The summed E-state index contributed by atoms with van der Waals surface area (Å²) < 4.78 is 29.2. The van der Waals surface area contributed by atoms with Gasteiger partial charge in [-0.3, -0.25) is 0 Å². The van der Waals surface area contributed by atoms with Gasteiger partial charge >= 0.3 is 0 Å². The van der Waals surface area contributed by atoms with E-state index in [0.717, 1.165) is 6.42 Å². The Balaban J connectivity index is 0.00000208. The second-order valence-electron chi connectivity index (χ2n) is 6.30. The van der Waals surface area contributed by atoms with Crippen LogP contribution >= 0.6 is 12.4 Å². The van der Waals surface area contributed by atoms with Crippen molar-refractivity contribution in [2.75, 3.05) is 19.6 Å². The van der Waals surface area contributed by atoms with Gasteiger partial charge in [-0.1, -0.05) is 25.1 Å².